The van der Waals surface area contributed by atoms with Crippen LogP contribution in [-0.2, 0) is 11.0 Å². The molecule has 0 radical (unpaired) electrons. The maximum Gasteiger partial charge on any atom is 0.490 e. The zero-order valence-corrected chi connectivity index (χ0v) is 16.3. The van der Waals surface area contributed by atoms with Crippen molar-refractivity contribution in [1.29, 1.82) is 0 Å². The van der Waals surface area contributed by atoms with E-state index in [1.165, 1.54) is 25.2 Å². The highest BCUT2D eigenvalue weighted by molar-refractivity contribution is 6.01. The van der Waals surface area contributed by atoms with Gasteiger partial charge in [0.15, 0.2) is 5.65 Å². The molecule has 33 heavy (non-hydrogen) atoms. The molecule has 0 aliphatic rings. The fourth-order valence-electron chi connectivity index (χ4n) is 2.57. The van der Waals surface area contributed by atoms with E-state index in [1.807, 2.05) is 0 Å². The van der Waals surface area contributed by atoms with Crippen LogP contribution in [0.15, 0.2) is 30.3 Å². The van der Waals surface area contributed by atoms with Gasteiger partial charge in [0.2, 0.25) is 5.95 Å². The number of hydrogen-bond donors (Lipinski definition) is 4. The van der Waals surface area contributed by atoms with E-state index >= 15 is 0 Å². The molecule has 0 unspecified atom stereocenters. The van der Waals surface area contributed by atoms with Crippen molar-refractivity contribution in [2.24, 2.45) is 0 Å². The number of fused-ring (bicyclic) bond motifs is 1. The molecule has 2 heterocycles. The van der Waals surface area contributed by atoms with Crippen LogP contribution in [0.3, 0.4) is 0 Å². The average Bonchev–Trinajstić information content (AvgIpc) is 2.71. The Labute approximate surface area is 179 Å². The third-order valence-corrected chi connectivity index (χ3v) is 3.90. The Balaban J connectivity index is 0.000000479. The molecule has 0 bridgehead atoms. The number of benzene rings is 1. The summed E-state index contributed by atoms with van der Waals surface area (Å²) in [6.07, 6.45) is -9.76. The fourth-order valence-corrected chi connectivity index (χ4v) is 2.57. The lowest BCUT2D eigenvalue weighted by atomic mass is 9.99. The second-order valence-electron chi connectivity index (χ2n) is 6.09. The summed E-state index contributed by atoms with van der Waals surface area (Å²) >= 11 is 0. The Morgan fingerprint density at radius 1 is 1.00 bits per heavy atom. The van der Waals surface area contributed by atoms with Gasteiger partial charge >= 0.3 is 24.3 Å². The van der Waals surface area contributed by atoms with Crippen LogP contribution >= 0.6 is 0 Å². The Hall–Kier alpha value is -4.17. The summed E-state index contributed by atoms with van der Waals surface area (Å²) in [5.74, 6) is -4.11. The van der Waals surface area contributed by atoms with Crippen LogP contribution in [0.5, 0.6) is 0 Å². The van der Waals surface area contributed by atoms with Gasteiger partial charge in [-0.15, -0.1) is 0 Å². The van der Waals surface area contributed by atoms with Crippen molar-refractivity contribution in [2.45, 2.75) is 12.4 Å². The molecule has 0 saturated heterocycles. The van der Waals surface area contributed by atoms with E-state index in [4.69, 9.17) is 15.6 Å². The summed E-state index contributed by atoms with van der Waals surface area (Å²) in [6.45, 7) is 0. The lowest BCUT2D eigenvalue weighted by molar-refractivity contribution is -0.192. The molecule has 0 aliphatic carbocycles. The monoisotopic (exact) mass is 477 g/mol. The number of aromatic nitrogens is 3. The number of carboxylic acids is 2. The number of carboxylic acid groups (broad SMARTS) is 2. The van der Waals surface area contributed by atoms with Crippen LogP contribution in [0.2, 0.25) is 0 Å². The number of anilines is 2. The van der Waals surface area contributed by atoms with Gasteiger partial charge in [0.1, 0.15) is 5.82 Å². The minimum atomic E-state index is -5.08. The summed E-state index contributed by atoms with van der Waals surface area (Å²) < 4.78 is 71.7. The summed E-state index contributed by atoms with van der Waals surface area (Å²) in [6, 6.07) is 5.79. The van der Waals surface area contributed by atoms with Crippen LogP contribution in [0, 0.1) is 0 Å². The quantitative estimate of drug-likeness (QED) is 0.414. The number of aromatic carboxylic acids is 1. The Morgan fingerprint density at radius 2 is 1.58 bits per heavy atom. The smallest absolute Gasteiger partial charge is 0.478 e. The van der Waals surface area contributed by atoms with Crippen molar-refractivity contribution in [3.8, 4) is 11.3 Å². The average molecular weight is 477 g/mol. The van der Waals surface area contributed by atoms with Gasteiger partial charge in [-0.05, 0) is 12.1 Å². The highest BCUT2D eigenvalue weighted by atomic mass is 19.4. The van der Waals surface area contributed by atoms with Gasteiger partial charge in [0.05, 0.1) is 22.2 Å². The molecule has 176 valence electrons. The van der Waals surface area contributed by atoms with Crippen molar-refractivity contribution >= 4 is 34.7 Å². The number of halogens is 6. The second kappa shape index (κ2) is 9.13. The van der Waals surface area contributed by atoms with Gasteiger partial charge in [0, 0.05) is 12.6 Å². The molecule has 1 aromatic carbocycles. The van der Waals surface area contributed by atoms with Gasteiger partial charge in [-0.2, -0.15) is 36.3 Å². The first kappa shape index (κ1) is 25.1. The van der Waals surface area contributed by atoms with Gasteiger partial charge in [-0.3, -0.25) is 0 Å². The molecular formula is C18H13F6N5O4. The van der Waals surface area contributed by atoms with Crippen molar-refractivity contribution in [1.82, 2.24) is 15.0 Å². The first-order valence-corrected chi connectivity index (χ1v) is 8.52. The van der Waals surface area contributed by atoms with Crippen molar-refractivity contribution in [3.05, 3.63) is 41.5 Å². The third kappa shape index (κ3) is 5.75. The highest BCUT2D eigenvalue weighted by Gasteiger charge is 2.38. The molecule has 0 fully saturated rings. The Bertz CT molecular complexity index is 1210. The van der Waals surface area contributed by atoms with Gasteiger partial charge in [-0.25, -0.2) is 14.6 Å². The standard InChI is InChI=1S/C16H12F3N5O2.C2HF3O2/c1-21-12-9-6-8(14(25)26)11(22-13(9)24-15(20)23-12)7-4-2-3-5-10(7)16(17,18)19;3-2(4,5)1(6)7/h2-6H,1H3,(H,25,26)(H3,20,21,22,23,24);(H,6,7). The number of aliphatic carboxylic acids is 1. The molecule has 0 saturated carbocycles. The summed E-state index contributed by atoms with van der Waals surface area (Å²) in [7, 11) is 1.54. The van der Waals surface area contributed by atoms with E-state index in [2.05, 4.69) is 20.3 Å². The first-order chi connectivity index (χ1) is 15.2. The predicted octanol–water partition coefficient (Wildman–Crippen LogP) is 3.67. The van der Waals surface area contributed by atoms with E-state index < -0.39 is 35.4 Å². The number of nitrogen functional groups attached to an aromatic ring is 1. The number of alkyl halides is 6. The molecule has 15 heteroatoms. The van der Waals surface area contributed by atoms with Crippen LogP contribution in [0.4, 0.5) is 38.1 Å². The molecule has 0 spiro atoms. The van der Waals surface area contributed by atoms with E-state index in [1.54, 1.807) is 0 Å². The van der Waals surface area contributed by atoms with E-state index in [0.29, 0.717) is 0 Å². The molecule has 5 N–H and O–H groups in total. The molecular weight excluding hydrogens is 464 g/mol. The molecule has 0 amide bonds. The minimum Gasteiger partial charge on any atom is -0.478 e. The molecule has 3 aromatic rings. The number of nitrogens with zero attached hydrogens (tertiary/aromatic N) is 3. The summed E-state index contributed by atoms with van der Waals surface area (Å²) in [5, 5.41) is 19.6. The normalized spacial score (nSPS) is 11.5. The van der Waals surface area contributed by atoms with Crippen LogP contribution < -0.4 is 11.1 Å². The number of nitrogens with two attached hydrogens (primary N) is 1. The molecule has 9 nitrogen and oxygen atoms in total. The lowest BCUT2D eigenvalue weighted by Gasteiger charge is -2.15. The fraction of sp³-hybridized carbons (Fsp3) is 0.167. The predicted molar refractivity (Wildman–Crippen MR) is 102 cm³/mol. The van der Waals surface area contributed by atoms with Crippen LogP contribution in [0.1, 0.15) is 15.9 Å². The number of rotatable bonds is 3. The zero-order valence-electron chi connectivity index (χ0n) is 16.3. The second-order valence-corrected chi connectivity index (χ2v) is 6.09. The molecule has 0 atom stereocenters. The number of hydrogen-bond acceptors (Lipinski definition) is 7. The van der Waals surface area contributed by atoms with Crippen molar-refractivity contribution in [3.63, 3.8) is 0 Å². The van der Waals surface area contributed by atoms with E-state index in [9.17, 15) is 36.2 Å². The number of pyridine rings is 1. The SMILES string of the molecule is CNc1nc(N)nc2nc(-c3ccccc3C(F)(F)F)c(C(=O)O)cc12.O=C(O)C(F)(F)F. The van der Waals surface area contributed by atoms with Crippen LogP contribution in [-0.4, -0.2) is 50.3 Å². The minimum absolute atomic E-state index is 0.0150. The van der Waals surface area contributed by atoms with Gasteiger partial charge in [0.25, 0.3) is 0 Å². The lowest BCUT2D eigenvalue weighted by Crippen LogP contribution is -2.21. The maximum absolute atomic E-state index is 13.3. The van der Waals surface area contributed by atoms with E-state index in [-0.39, 0.29) is 34.1 Å². The molecule has 2 aromatic heterocycles. The summed E-state index contributed by atoms with van der Waals surface area (Å²) in [5.41, 5.74) is 3.47. The third-order valence-electron chi connectivity index (χ3n) is 3.90. The Morgan fingerprint density at radius 3 is 2.06 bits per heavy atom. The Kier molecular flexibility index (Phi) is 6.95. The van der Waals surface area contributed by atoms with Crippen molar-refractivity contribution in [2.75, 3.05) is 18.1 Å². The summed E-state index contributed by atoms with van der Waals surface area (Å²) in [4.78, 5) is 32.4. The largest absolute Gasteiger partial charge is 0.490 e. The van der Waals surface area contributed by atoms with E-state index in [0.717, 1.165) is 12.1 Å². The van der Waals surface area contributed by atoms with Gasteiger partial charge in [-0.1, -0.05) is 18.2 Å². The van der Waals surface area contributed by atoms with Gasteiger partial charge < -0.3 is 21.3 Å². The molecule has 0 aliphatic heterocycles. The maximum atomic E-state index is 13.3. The van der Waals surface area contributed by atoms with Crippen molar-refractivity contribution < 1.29 is 46.1 Å². The topological polar surface area (TPSA) is 151 Å². The molecule has 3 rings (SSSR count). The zero-order chi connectivity index (χ0) is 25.1. The number of nitrogens with one attached hydrogen (secondary N) is 1. The highest BCUT2D eigenvalue weighted by Crippen LogP contribution is 2.38. The number of carbonyl (C=O) groups is 2. The first-order valence-electron chi connectivity index (χ1n) is 8.52. The van der Waals surface area contributed by atoms with Crippen LogP contribution in [0.25, 0.3) is 22.3 Å².